The fraction of sp³-hybridized carbons (Fsp3) is 0.692. The summed E-state index contributed by atoms with van der Waals surface area (Å²) >= 11 is 3.47. The van der Waals surface area contributed by atoms with Crippen molar-refractivity contribution in [2.24, 2.45) is 0 Å². The van der Waals surface area contributed by atoms with Gasteiger partial charge in [0.15, 0.2) is 0 Å². The molecule has 0 amide bonds. The van der Waals surface area contributed by atoms with Gasteiger partial charge in [-0.05, 0) is 20.8 Å². The number of alkyl halides is 1. The summed E-state index contributed by atoms with van der Waals surface area (Å²) in [6, 6.07) is 2.13. The maximum atomic E-state index is 5.72. The standard InChI is InChI=1S/C13H20BrN3O2/c1-4-18-12-5-9(2)15-13(16-12)17-7-11(6-14)19-8-10(17)3/h5,10-11H,4,6-8H2,1-3H3. The number of morpholine rings is 1. The lowest BCUT2D eigenvalue weighted by Gasteiger charge is -2.37. The van der Waals surface area contributed by atoms with Crippen LogP contribution < -0.4 is 9.64 Å². The van der Waals surface area contributed by atoms with E-state index in [1.807, 2.05) is 19.9 Å². The first-order chi connectivity index (χ1) is 9.13. The first-order valence-corrected chi connectivity index (χ1v) is 7.68. The predicted octanol–water partition coefficient (Wildman–Crippen LogP) is 2.17. The summed E-state index contributed by atoms with van der Waals surface area (Å²) in [6.45, 7) is 8.13. The van der Waals surface area contributed by atoms with E-state index in [0.29, 0.717) is 19.1 Å². The van der Waals surface area contributed by atoms with Crippen molar-refractivity contribution in [1.82, 2.24) is 9.97 Å². The van der Waals surface area contributed by atoms with Crippen molar-refractivity contribution in [3.8, 4) is 5.88 Å². The molecule has 1 aromatic heterocycles. The van der Waals surface area contributed by atoms with Gasteiger partial charge in [-0.3, -0.25) is 0 Å². The second kappa shape index (κ2) is 6.52. The van der Waals surface area contributed by atoms with Crippen LogP contribution in [0.3, 0.4) is 0 Å². The average Bonchev–Trinajstić information content (AvgIpc) is 2.39. The average molecular weight is 330 g/mol. The van der Waals surface area contributed by atoms with Crippen molar-refractivity contribution < 1.29 is 9.47 Å². The Morgan fingerprint density at radius 1 is 1.53 bits per heavy atom. The van der Waals surface area contributed by atoms with Crippen molar-refractivity contribution in [2.45, 2.75) is 32.9 Å². The third-order valence-electron chi connectivity index (χ3n) is 3.05. The Labute approximate surface area is 122 Å². The molecule has 0 spiro atoms. The fourth-order valence-electron chi connectivity index (χ4n) is 2.06. The maximum absolute atomic E-state index is 5.72. The SMILES string of the molecule is CCOc1cc(C)nc(N2CC(CBr)OCC2C)n1. The lowest BCUT2D eigenvalue weighted by atomic mass is 10.2. The van der Waals surface area contributed by atoms with Gasteiger partial charge in [-0.1, -0.05) is 15.9 Å². The van der Waals surface area contributed by atoms with Gasteiger partial charge >= 0.3 is 0 Å². The lowest BCUT2D eigenvalue weighted by Crippen LogP contribution is -2.49. The molecule has 1 aliphatic heterocycles. The number of hydrogen-bond acceptors (Lipinski definition) is 5. The molecule has 6 heteroatoms. The molecule has 0 aliphatic carbocycles. The minimum absolute atomic E-state index is 0.177. The molecule has 5 nitrogen and oxygen atoms in total. The topological polar surface area (TPSA) is 47.5 Å². The van der Waals surface area contributed by atoms with Crippen LogP contribution in [-0.2, 0) is 4.74 Å². The van der Waals surface area contributed by atoms with E-state index in [-0.39, 0.29) is 12.1 Å². The van der Waals surface area contributed by atoms with E-state index in [1.54, 1.807) is 0 Å². The third kappa shape index (κ3) is 3.57. The van der Waals surface area contributed by atoms with Gasteiger partial charge in [0, 0.05) is 23.6 Å². The van der Waals surface area contributed by atoms with Gasteiger partial charge < -0.3 is 14.4 Å². The quantitative estimate of drug-likeness (QED) is 0.792. The maximum Gasteiger partial charge on any atom is 0.229 e. The van der Waals surface area contributed by atoms with Crippen molar-refractivity contribution >= 4 is 21.9 Å². The highest BCUT2D eigenvalue weighted by Crippen LogP contribution is 2.21. The number of nitrogens with zero attached hydrogens (tertiary/aromatic N) is 3. The summed E-state index contributed by atoms with van der Waals surface area (Å²) in [6.07, 6.45) is 0.177. The molecule has 0 N–H and O–H groups in total. The van der Waals surface area contributed by atoms with Gasteiger partial charge in [-0.15, -0.1) is 0 Å². The zero-order valence-electron chi connectivity index (χ0n) is 11.6. The molecule has 1 aliphatic rings. The number of ether oxygens (including phenoxy) is 2. The monoisotopic (exact) mass is 329 g/mol. The number of anilines is 1. The minimum atomic E-state index is 0.177. The van der Waals surface area contributed by atoms with Crippen LogP contribution >= 0.6 is 15.9 Å². The molecule has 2 atom stereocenters. The highest BCUT2D eigenvalue weighted by molar-refractivity contribution is 9.09. The Morgan fingerprint density at radius 2 is 2.32 bits per heavy atom. The van der Waals surface area contributed by atoms with Crippen LogP contribution in [0.4, 0.5) is 5.95 Å². The van der Waals surface area contributed by atoms with Gasteiger partial charge in [0.05, 0.1) is 25.4 Å². The Morgan fingerprint density at radius 3 is 3.00 bits per heavy atom. The molecule has 0 saturated carbocycles. The summed E-state index contributed by atoms with van der Waals surface area (Å²) < 4.78 is 11.2. The molecular weight excluding hydrogens is 310 g/mol. The Hall–Kier alpha value is -0.880. The molecule has 1 saturated heterocycles. The fourth-order valence-corrected chi connectivity index (χ4v) is 2.46. The molecule has 2 unspecified atom stereocenters. The zero-order chi connectivity index (χ0) is 13.8. The summed E-state index contributed by atoms with van der Waals surface area (Å²) in [4.78, 5) is 11.2. The molecule has 19 heavy (non-hydrogen) atoms. The van der Waals surface area contributed by atoms with Crippen LogP contribution in [0.25, 0.3) is 0 Å². The number of rotatable bonds is 4. The second-order valence-corrected chi connectivity index (χ2v) is 5.34. The summed E-state index contributed by atoms with van der Waals surface area (Å²) in [5.41, 5.74) is 0.919. The van der Waals surface area contributed by atoms with E-state index >= 15 is 0 Å². The van der Waals surface area contributed by atoms with Gasteiger partial charge in [0.25, 0.3) is 0 Å². The minimum Gasteiger partial charge on any atom is -0.478 e. The number of aromatic nitrogens is 2. The van der Waals surface area contributed by atoms with Gasteiger partial charge in [-0.2, -0.15) is 4.98 Å². The van der Waals surface area contributed by atoms with Crippen LogP contribution in [0.2, 0.25) is 0 Å². The highest BCUT2D eigenvalue weighted by Gasteiger charge is 2.27. The normalized spacial score (nSPS) is 23.5. The molecule has 2 heterocycles. The van der Waals surface area contributed by atoms with E-state index < -0.39 is 0 Å². The van der Waals surface area contributed by atoms with Crippen LogP contribution in [0.5, 0.6) is 5.88 Å². The van der Waals surface area contributed by atoms with E-state index in [4.69, 9.17) is 9.47 Å². The van der Waals surface area contributed by atoms with Crippen LogP contribution in [0.1, 0.15) is 19.5 Å². The Balaban J connectivity index is 2.23. The molecule has 1 fully saturated rings. The Bertz CT molecular complexity index is 430. The largest absolute Gasteiger partial charge is 0.478 e. The van der Waals surface area contributed by atoms with Crippen LogP contribution in [0, 0.1) is 6.92 Å². The lowest BCUT2D eigenvalue weighted by molar-refractivity contribution is 0.0372. The molecule has 0 radical (unpaired) electrons. The molecule has 2 rings (SSSR count). The smallest absolute Gasteiger partial charge is 0.229 e. The first-order valence-electron chi connectivity index (χ1n) is 6.56. The zero-order valence-corrected chi connectivity index (χ0v) is 13.2. The number of hydrogen-bond donors (Lipinski definition) is 0. The van der Waals surface area contributed by atoms with Crippen molar-refractivity contribution in [2.75, 3.05) is 30.0 Å². The summed E-state index contributed by atoms with van der Waals surface area (Å²) in [5, 5.41) is 0.820. The molecule has 0 bridgehead atoms. The van der Waals surface area contributed by atoms with Crippen LogP contribution in [-0.4, -0.2) is 47.2 Å². The first kappa shape index (κ1) is 14.5. The van der Waals surface area contributed by atoms with Gasteiger partial charge in [-0.25, -0.2) is 4.98 Å². The highest BCUT2D eigenvalue weighted by atomic mass is 79.9. The predicted molar refractivity (Wildman–Crippen MR) is 78.3 cm³/mol. The molecule has 0 aromatic carbocycles. The van der Waals surface area contributed by atoms with Crippen LogP contribution in [0.15, 0.2) is 6.07 Å². The Kier molecular flexibility index (Phi) is 4.99. The third-order valence-corrected chi connectivity index (χ3v) is 3.77. The second-order valence-electron chi connectivity index (χ2n) is 4.69. The number of aryl methyl sites for hydroxylation is 1. The van der Waals surface area contributed by atoms with Crippen molar-refractivity contribution in [3.63, 3.8) is 0 Å². The summed E-state index contributed by atoms with van der Waals surface area (Å²) in [7, 11) is 0. The van der Waals surface area contributed by atoms with E-state index in [9.17, 15) is 0 Å². The van der Waals surface area contributed by atoms with Crippen molar-refractivity contribution in [1.29, 1.82) is 0 Å². The van der Waals surface area contributed by atoms with Crippen molar-refractivity contribution in [3.05, 3.63) is 11.8 Å². The van der Waals surface area contributed by atoms with E-state index in [2.05, 4.69) is 37.7 Å². The van der Waals surface area contributed by atoms with E-state index in [0.717, 1.165) is 23.5 Å². The number of halogens is 1. The van der Waals surface area contributed by atoms with Gasteiger partial charge in [0.1, 0.15) is 0 Å². The van der Waals surface area contributed by atoms with Gasteiger partial charge in [0.2, 0.25) is 11.8 Å². The molecule has 106 valence electrons. The molecular formula is C13H20BrN3O2. The summed E-state index contributed by atoms with van der Waals surface area (Å²) in [5.74, 6) is 1.37. The van der Waals surface area contributed by atoms with E-state index in [1.165, 1.54) is 0 Å². The molecule has 1 aromatic rings.